The summed E-state index contributed by atoms with van der Waals surface area (Å²) in [5.74, 6) is 1.12. The second-order valence-electron chi connectivity index (χ2n) is 5.35. The van der Waals surface area contributed by atoms with Crippen LogP contribution in [0.15, 0.2) is 4.99 Å². The lowest BCUT2D eigenvalue weighted by molar-refractivity contribution is 0.309. The first-order chi connectivity index (χ1) is 7.79. The van der Waals surface area contributed by atoms with Gasteiger partial charge in [0.25, 0.3) is 0 Å². The predicted molar refractivity (Wildman–Crippen MR) is 84.2 cm³/mol. The van der Waals surface area contributed by atoms with Crippen molar-refractivity contribution in [3.8, 4) is 0 Å². The van der Waals surface area contributed by atoms with Crippen LogP contribution in [0.3, 0.4) is 0 Å². The number of likely N-dealkylation sites (tertiary alicyclic amines) is 1. The molecule has 0 bridgehead atoms. The molecule has 0 aromatic carbocycles. The molecule has 2 fully saturated rings. The van der Waals surface area contributed by atoms with E-state index in [2.05, 4.69) is 22.1 Å². The average Bonchev–Trinajstić information content (AvgIpc) is 2.92. The quantitative estimate of drug-likeness (QED) is 0.471. The SMILES string of the molecule is CCCNC(=NC)N1CCC2(CCCC2)C1.I. The number of aliphatic imine (C=N–C) groups is 1. The van der Waals surface area contributed by atoms with Crippen molar-refractivity contribution >= 4 is 29.9 Å². The fourth-order valence-corrected chi connectivity index (χ4v) is 3.22. The van der Waals surface area contributed by atoms with Gasteiger partial charge in [-0.05, 0) is 31.1 Å². The third kappa shape index (κ3) is 3.48. The van der Waals surface area contributed by atoms with Gasteiger partial charge in [0.1, 0.15) is 0 Å². The Kier molecular flexibility index (Phi) is 6.03. The second kappa shape index (κ2) is 6.81. The van der Waals surface area contributed by atoms with Gasteiger partial charge < -0.3 is 10.2 Å². The van der Waals surface area contributed by atoms with E-state index in [1.54, 1.807) is 0 Å². The molecule has 4 heteroatoms. The molecule has 1 spiro atoms. The first-order valence-electron chi connectivity index (χ1n) is 6.75. The number of nitrogens with one attached hydrogen (secondary N) is 1. The van der Waals surface area contributed by atoms with Crippen LogP contribution in [0.4, 0.5) is 0 Å². The van der Waals surface area contributed by atoms with Crippen molar-refractivity contribution in [1.29, 1.82) is 0 Å². The highest BCUT2D eigenvalue weighted by Gasteiger charge is 2.40. The summed E-state index contributed by atoms with van der Waals surface area (Å²) < 4.78 is 0. The molecule has 0 aromatic rings. The minimum Gasteiger partial charge on any atom is -0.356 e. The summed E-state index contributed by atoms with van der Waals surface area (Å²) in [4.78, 5) is 6.85. The first kappa shape index (κ1) is 15.1. The maximum atomic E-state index is 4.39. The Hall–Kier alpha value is 0. The summed E-state index contributed by atoms with van der Waals surface area (Å²) in [7, 11) is 1.90. The lowest BCUT2D eigenvalue weighted by Crippen LogP contribution is -2.41. The van der Waals surface area contributed by atoms with Crippen LogP contribution in [0.25, 0.3) is 0 Å². The zero-order valence-electron chi connectivity index (χ0n) is 11.2. The fraction of sp³-hybridized carbons (Fsp3) is 0.923. The van der Waals surface area contributed by atoms with Crippen LogP contribution in [-0.4, -0.2) is 37.5 Å². The van der Waals surface area contributed by atoms with E-state index in [4.69, 9.17) is 0 Å². The molecular formula is C13H26IN3. The molecule has 0 amide bonds. The third-order valence-corrected chi connectivity index (χ3v) is 4.15. The van der Waals surface area contributed by atoms with Gasteiger partial charge in [0.05, 0.1) is 0 Å². The highest BCUT2D eigenvalue weighted by atomic mass is 127. The third-order valence-electron chi connectivity index (χ3n) is 4.15. The minimum absolute atomic E-state index is 0. The second-order valence-corrected chi connectivity index (χ2v) is 5.35. The van der Waals surface area contributed by atoms with Gasteiger partial charge >= 0.3 is 0 Å². The zero-order chi connectivity index (χ0) is 11.4. The highest BCUT2D eigenvalue weighted by molar-refractivity contribution is 14.0. The number of rotatable bonds is 2. The Bertz CT molecular complexity index is 259. The molecule has 0 aromatic heterocycles. The molecule has 1 heterocycles. The molecule has 0 atom stereocenters. The minimum atomic E-state index is 0. The van der Waals surface area contributed by atoms with Crippen molar-refractivity contribution in [2.45, 2.75) is 45.4 Å². The highest BCUT2D eigenvalue weighted by Crippen LogP contribution is 2.45. The Morgan fingerprint density at radius 2 is 2.00 bits per heavy atom. The van der Waals surface area contributed by atoms with E-state index in [-0.39, 0.29) is 24.0 Å². The standard InChI is InChI=1S/C13H25N3.HI/c1-3-9-15-12(14-2)16-10-8-13(11-16)6-4-5-7-13;/h3-11H2,1-2H3,(H,14,15);1H. The number of nitrogens with zero attached hydrogens (tertiary/aromatic N) is 2. The molecule has 3 nitrogen and oxygen atoms in total. The van der Waals surface area contributed by atoms with Gasteiger partial charge in [-0.25, -0.2) is 0 Å². The lowest BCUT2D eigenvalue weighted by atomic mass is 9.86. The maximum Gasteiger partial charge on any atom is 0.193 e. The molecule has 2 rings (SSSR count). The number of hydrogen-bond acceptors (Lipinski definition) is 1. The van der Waals surface area contributed by atoms with Gasteiger partial charge in [-0.3, -0.25) is 4.99 Å². The maximum absolute atomic E-state index is 4.39. The topological polar surface area (TPSA) is 27.6 Å². The van der Waals surface area contributed by atoms with E-state index >= 15 is 0 Å². The van der Waals surface area contributed by atoms with Gasteiger partial charge in [-0.2, -0.15) is 0 Å². The first-order valence-corrected chi connectivity index (χ1v) is 6.75. The summed E-state index contributed by atoms with van der Waals surface area (Å²) in [5, 5.41) is 3.44. The van der Waals surface area contributed by atoms with Crippen molar-refractivity contribution in [1.82, 2.24) is 10.2 Å². The molecule has 100 valence electrons. The average molecular weight is 351 g/mol. The molecule has 1 aliphatic carbocycles. The van der Waals surface area contributed by atoms with Crippen LogP contribution in [0, 0.1) is 5.41 Å². The zero-order valence-corrected chi connectivity index (χ0v) is 13.5. The van der Waals surface area contributed by atoms with E-state index < -0.39 is 0 Å². The van der Waals surface area contributed by atoms with E-state index in [1.165, 1.54) is 45.2 Å². The van der Waals surface area contributed by atoms with Crippen LogP contribution >= 0.6 is 24.0 Å². The van der Waals surface area contributed by atoms with Crippen LogP contribution in [0.1, 0.15) is 45.4 Å². The molecule has 1 aliphatic heterocycles. The van der Waals surface area contributed by atoms with Crippen LogP contribution in [-0.2, 0) is 0 Å². The molecule has 2 aliphatic rings. The normalized spacial score (nSPS) is 22.9. The van der Waals surface area contributed by atoms with Crippen molar-refractivity contribution in [3.63, 3.8) is 0 Å². The Labute approximate surface area is 122 Å². The summed E-state index contributed by atoms with van der Waals surface area (Å²) in [6.45, 7) is 5.67. The molecule has 0 radical (unpaired) electrons. The van der Waals surface area contributed by atoms with E-state index in [9.17, 15) is 0 Å². The van der Waals surface area contributed by atoms with Crippen molar-refractivity contribution < 1.29 is 0 Å². The fourth-order valence-electron chi connectivity index (χ4n) is 3.22. The Morgan fingerprint density at radius 3 is 2.59 bits per heavy atom. The molecule has 17 heavy (non-hydrogen) atoms. The smallest absolute Gasteiger partial charge is 0.193 e. The Balaban J connectivity index is 0.00000144. The molecule has 1 saturated heterocycles. The summed E-state index contributed by atoms with van der Waals surface area (Å²) in [6.07, 6.45) is 8.30. The predicted octanol–water partition coefficient (Wildman–Crippen LogP) is 2.86. The van der Waals surface area contributed by atoms with Gasteiger partial charge in [-0.1, -0.05) is 19.8 Å². The largest absolute Gasteiger partial charge is 0.356 e. The van der Waals surface area contributed by atoms with Gasteiger partial charge in [-0.15, -0.1) is 24.0 Å². The van der Waals surface area contributed by atoms with Crippen molar-refractivity contribution in [3.05, 3.63) is 0 Å². The number of guanidine groups is 1. The number of halogens is 1. The Morgan fingerprint density at radius 1 is 1.29 bits per heavy atom. The van der Waals surface area contributed by atoms with E-state index in [0.29, 0.717) is 5.41 Å². The van der Waals surface area contributed by atoms with Gasteiger partial charge in [0, 0.05) is 26.7 Å². The lowest BCUT2D eigenvalue weighted by Gasteiger charge is -2.25. The molecular weight excluding hydrogens is 325 g/mol. The summed E-state index contributed by atoms with van der Waals surface area (Å²) in [6, 6.07) is 0. The van der Waals surface area contributed by atoms with Crippen molar-refractivity contribution in [2.24, 2.45) is 10.4 Å². The number of hydrogen-bond donors (Lipinski definition) is 1. The van der Waals surface area contributed by atoms with Gasteiger partial charge in [0.2, 0.25) is 0 Å². The van der Waals surface area contributed by atoms with E-state index in [1.807, 2.05) is 7.05 Å². The van der Waals surface area contributed by atoms with Crippen LogP contribution in [0.2, 0.25) is 0 Å². The van der Waals surface area contributed by atoms with Crippen LogP contribution in [0.5, 0.6) is 0 Å². The molecule has 1 saturated carbocycles. The monoisotopic (exact) mass is 351 g/mol. The van der Waals surface area contributed by atoms with Crippen LogP contribution < -0.4 is 5.32 Å². The molecule has 0 unspecified atom stereocenters. The summed E-state index contributed by atoms with van der Waals surface area (Å²) >= 11 is 0. The molecule has 1 N–H and O–H groups in total. The summed E-state index contributed by atoms with van der Waals surface area (Å²) in [5.41, 5.74) is 0.643. The van der Waals surface area contributed by atoms with Gasteiger partial charge in [0.15, 0.2) is 5.96 Å². The van der Waals surface area contributed by atoms with E-state index in [0.717, 1.165) is 18.9 Å². The van der Waals surface area contributed by atoms with Crippen molar-refractivity contribution in [2.75, 3.05) is 26.7 Å².